The van der Waals surface area contributed by atoms with E-state index in [0.717, 1.165) is 56.5 Å². The Bertz CT molecular complexity index is 4820. The number of hydrogen-bond donors (Lipinski definition) is 0. The minimum absolute atomic E-state index is 0.0187. The lowest BCUT2D eigenvalue weighted by Gasteiger charge is -2.28. The molecular weight excluding hydrogens is 1060 g/mol. The predicted molar refractivity (Wildman–Crippen MR) is 375 cm³/mol. The van der Waals surface area contributed by atoms with Gasteiger partial charge >= 0.3 is 0 Å². The molecule has 0 aliphatic heterocycles. The number of benzene rings is 12. The van der Waals surface area contributed by atoms with Gasteiger partial charge in [-0.1, -0.05) is 191 Å². The molecule has 12 aromatic carbocycles. The van der Waals surface area contributed by atoms with Crippen LogP contribution in [-0.4, -0.2) is 9.13 Å². The van der Waals surface area contributed by atoms with Gasteiger partial charge in [0.2, 0.25) is 0 Å². The average molecular weight is 1140 g/mol. The van der Waals surface area contributed by atoms with E-state index in [4.69, 9.17) is 0 Å². The second-order valence-electron chi connectivity index (χ2n) is 27.9. The highest BCUT2D eigenvalue weighted by Gasteiger charge is 2.37. The fourth-order valence-corrected chi connectivity index (χ4v) is 15.1. The molecule has 0 radical (unpaired) electrons. The molecule has 0 fully saturated rings. The van der Waals surface area contributed by atoms with Crippen LogP contribution < -0.4 is 9.80 Å². The van der Waals surface area contributed by atoms with E-state index >= 15 is 0 Å². The number of rotatable bonds is 8. The van der Waals surface area contributed by atoms with Crippen molar-refractivity contribution in [1.82, 2.24) is 9.13 Å². The molecule has 428 valence electrons. The van der Waals surface area contributed by atoms with E-state index in [0.29, 0.717) is 0 Å². The smallest absolute Gasteiger partial charge is 0.0547 e. The van der Waals surface area contributed by atoms with E-state index in [-0.39, 0.29) is 21.7 Å². The minimum Gasteiger partial charge on any atom is -0.310 e. The van der Waals surface area contributed by atoms with Crippen LogP contribution in [0.4, 0.5) is 34.1 Å². The zero-order valence-electron chi connectivity index (χ0n) is 52.0. The molecule has 0 amide bonds. The summed E-state index contributed by atoms with van der Waals surface area (Å²) >= 11 is 0. The summed E-state index contributed by atoms with van der Waals surface area (Å²) < 4.78 is 4.93. The Kier molecular flexibility index (Phi) is 11.7. The lowest BCUT2D eigenvalue weighted by atomic mass is 9.82. The predicted octanol–water partition coefficient (Wildman–Crippen LogP) is 23.2. The lowest BCUT2D eigenvalue weighted by molar-refractivity contribution is 0.590. The summed E-state index contributed by atoms with van der Waals surface area (Å²) in [6.07, 6.45) is 0. The Labute approximate surface area is 517 Å². The third-order valence-electron chi connectivity index (χ3n) is 19.8. The number of fused-ring (bicyclic) bond motifs is 13. The van der Waals surface area contributed by atoms with E-state index in [1.54, 1.807) is 0 Å². The molecule has 14 aromatic rings. The molecule has 2 aromatic heterocycles. The Hall–Kier alpha value is -9.90. The molecule has 2 aliphatic rings. The monoisotopic (exact) mass is 1140 g/mol. The first-order valence-corrected chi connectivity index (χ1v) is 31.3. The van der Waals surface area contributed by atoms with Crippen molar-refractivity contribution in [2.24, 2.45) is 0 Å². The van der Waals surface area contributed by atoms with Gasteiger partial charge in [-0.05, 0) is 211 Å². The van der Waals surface area contributed by atoms with Crippen LogP contribution in [0.5, 0.6) is 0 Å². The maximum atomic E-state index is 2.47. The first-order chi connectivity index (χ1) is 42.4. The highest BCUT2D eigenvalue weighted by atomic mass is 15.2. The second-order valence-corrected chi connectivity index (χ2v) is 27.9. The van der Waals surface area contributed by atoms with Crippen molar-refractivity contribution < 1.29 is 0 Å². The summed E-state index contributed by atoms with van der Waals surface area (Å²) in [7, 11) is 0. The third kappa shape index (κ3) is 8.25. The SMILES string of the molecule is CC(C)(C)c1ccc(N(c2ccc3c(c2)-c2ccccc2C3(C)C)c2ccc3c(c2)c2cc4cc5c6cc(N(c7ccc(C(C)(C)C)cc7)c7ccc8c(c7)-c7ccccc7C8(C)C)ccc6n(-c6ccccc6)c5cc4cc2n3-c2ccccc2)cc1. The summed E-state index contributed by atoms with van der Waals surface area (Å²) in [4.78, 5) is 4.94. The van der Waals surface area contributed by atoms with Crippen LogP contribution in [0.1, 0.15) is 103 Å². The number of anilines is 6. The van der Waals surface area contributed by atoms with Crippen LogP contribution in [0.2, 0.25) is 0 Å². The molecule has 0 bridgehead atoms. The zero-order chi connectivity index (χ0) is 60.2. The van der Waals surface area contributed by atoms with E-state index in [1.165, 1.54) is 99.0 Å². The van der Waals surface area contributed by atoms with Crippen LogP contribution >= 0.6 is 0 Å². The number of para-hydroxylation sites is 2. The molecule has 0 saturated carbocycles. The molecule has 0 spiro atoms. The van der Waals surface area contributed by atoms with Crippen molar-refractivity contribution in [2.45, 2.75) is 90.9 Å². The standard InChI is InChI=1S/C84H72N4/c1-81(2,3)55-29-33-59(34-30-55)85(61-37-41-75-67(49-61)65-25-17-19-27-73(65)83(75,7)8)63-39-43-77-71(51-63)69-45-53-46-70-72-52-64(40-44-78(72)88(58-23-15-12-16-24-58)80(70)48-54(53)47-79(69)87(77)57-21-13-11-14-22-57)86(60-35-31-56(32-36-60)82(4,5)6)62-38-42-76-68(50-62)66-26-18-20-28-74(66)84(76,9)10/h11-52H,1-10H3. The quantitative estimate of drug-likeness (QED) is 0.151. The highest BCUT2D eigenvalue weighted by Crippen LogP contribution is 2.53. The van der Waals surface area contributed by atoms with Crippen molar-refractivity contribution in [3.8, 4) is 33.6 Å². The van der Waals surface area contributed by atoms with Crippen LogP contribution in [0.25, 0.3) is 88.0 Å². The summed E-state index contributed by atoms with van der Waals surface area (Å²) in [5.41, 5.74) is 26.8. The van der Waals surface area contributed by atoms with E-state index in [1.807, 2.05) is 0 Å². The molecular formula is C84H72N4. The largest absolute Gasteiger partial charge is 0.310 e. The number of aromatic nitrogens is 2. The van der Waals surface area contributed by atoms with E-state index in [9.17, 15) is 0 Å². The summed E-state index contributed by atoms with van der Waals surface area (Å²) in [6, 6.07) is 96.6. The van der Waals surface area contributed by atoms with Crippen LogP contribution in [0.15, 0.2) is 255 Å². The van der Waals surface area contributed by atoms with Gasteiger partial charge in [-0.25, -0.2) is 0 Å². The van der Waals surface area contributed by atoms with Gasteiger partial charge in [0.15, 0.2) is 0 Å². The van der Waals surface area contributed by atoms with Gasteiger partial charge in [0.25, 0.3) is 0 Å². The van der Waals surface area contributed by atoms with Gasteiger partial charge in [0.1, 0.15) is 0 Å². The maximum absolute atomic E-state index is 2.47. The number of hydrogen-bond acceptors (Lipinski definition) is 2. The molecule has 0 unspecified atom stereocenters. The molecule has 4 heteroatoms. The molecule has 2 aliphatic carbocycles. The van der Waals surface area contributed by atoms with Gasteiger partial charge in [-0.2, -0.15) is 0 Å². The maximum Gasteiger partial charge on any atom is 0.0547 e. The summed E-state index contributed by atoms with van der Waals surface area (Å²) in [6.45, 7) is 23.2. The van der Waals surface area contributed by atoms with Crippen LogP contribution in [-0.2, 0) is 21.7 Å². The lowest BCUT2D eigenvalue weighted by Crippen LogP contribution is -2.15. The van der Waals surface area contributed by atoms with E-state index in [2.05, 4.69) is 343 Å². The van der Waals surface area contributed by atoms with E-state index < -0.39 is 0 Å². The average Bonchev–Trinajstić information content (AvgIpc) is 1.73. The van der Waals surface area contributed by atoms with Gasteiger partial charge in [-0.3, -0.25) is 0 Å². The van der Waals surface area contributed by atoms with Crippen molar-refractivity contribution in [3.05, 3.63) is 288 Å². The van der Waals surface area contributed by atoms with Gasteiger partial charge < -0.3 is 18.9 Å². The van der Waals surface area contributed by atoms with Crippen LogP contribution in [0.3, 0.4) is 0 Å². The molecule has 2 heterocycles. The molecule has 0 atom stereocenters. The first kappa shape index (κ1) is 53.6. The molecule has 88 heavy (non-hydrogen) atoms. The fraction of sp³-hybridized carbons (Fsp3) is 0.167. The van der Waals surface area contributed by atoms with Crippen LogP contribution in [0, 0.1) is 0 Å². The van der Waals surface area contributed by atoms with Gasteiger partial charge in [-0.15, -0.1) is 0 Å². The normalized spacial score (nSPS) is 14.0. The Balaban J connectivity index is 0.917. The zero-order valence-corrected chi connectivity index (χ0v) is 52.0. The van der Waals surface area contributed by atoms with Gasteiger partial charge in [0, 0.05) is 77.9 Å². The molecule has 4 nitrogen and oxygen atoms in total. The second kappa shape index (κ2) is 19.3. The van der Waals surface area contributed by atoms with Crippen molar-refractivity contribution in [3.63, 3.8) is 0 Å². The Morgan fingerprint density at radius 1 is 0.273 bits per heavy atom. The summed E-state index contributed by atoms with van der Waals surface area (Å²) in [5.74, 6) is 0. The Morgan fingerprint density at radius 3 is 0.989 bits per heavy atom. The third-order valence-corrected chi connectivity index (χ3v) is 19.8. The Morgan fingerprint density at radius 2 is 0.591 bits per heavy atom. The molecule has 16 rings (SSSR count). The summed E-state index contributed by atoms with van der Waals surface area (Å²) in [5, 5.41) is 7.19. The fourth-order valence-electron chi connectivity index (χ4n) is 15.1. The van der Waals surface area contributed by atoms with Crippen molar-refractivity contribution in [1.29, 1.82) is 0 Å². The first-order valence-electron chi connectivity index (χ1n) is 31.3. The van der Waals surface area contributed by atoms with Crippen molar-refractivity contribution in [2.75, 3.05) is 9.80 Å². The van der Waals surface area contributed by atoms with Gasteiger partial charge in [0.05, 0.1) is 22.1 Å². The number of nitrogens with zero attached hydrogens (tertiary/aromatic N) is 4. The minimum atomic E-state index is -0.0950. The molecule has 0 saturated heterocycles. The van der Waals surface area contributed by atoms with Crippen molar-refractivity contribution >= 4 is 88.5 Å². The molecule has 0 N–H and O–H groups in total. The topological polar surface area (TPSA) is 16.3 Å². The highest BCUT2D eigenvalue weighted by molar-refractivity contribution is 6.19.